The van der Waals surface area contributed by atoms with Crippen molar-refractivity contribution in [2.45, 2.75) is 5.41 Å². The van der Waals surface area contributed by atoms with E-state index in [4.69, 9.17) is 19.9 Å². The van der Waals surface area contributed by atoms with Crippen LogP contribution >= 0.6 is 0 Å². The molecule has 9 rings (SSSR count). The largest absolute Gasteiger partial charge is 0.299 e. The van der Waals surface area contributed by atoms with Gasteiger partial charge in [0, 0.05) is 43.4 Å². The maximum atomic E-state index is 5.38. The summed E-state index contributed by atoms with van der Waals surface area (Å²) in [6.07, 6.45) is 3.69. The molecule has 210 valence electrons. The fraction of sp³-hybridized carbons (Fsp3) is 0.0256. The van der Waals surface area contributed by atoms with Crippen LogP contribution in [0.25, 0.3) is 55.1 Å². The number of hydrogen-bond acceptors (Lipinski definition) is 4. The third-order valence-electron chi connectivity index (χ3n) is 8.72. The topological polar surface area (TPSA) is 51.6 Å². The SMILES string of the molecule is [Pt].[c-]1cccnc1C1(c2cccc(-c3ccc4ccc5ccc6cccnc6c5c4n3)n2)c2ccccc2-c2ccccc21. The molecule has 1 aliphatic rings. The molecule has 0 N–H and O–H groups in total. The van der Waals surface area contributed by atoms with Crippen LogP contribution in [0.1, 0.15) is 22.5 Å². The molecule has 0 amide bonds. The van der Waals surface area contributed by atoms with E-state index in [1.54, 1.807) is 0 Å². The summed E-state index contributed by atoms with van der Waals surface area (Å²) in [5.74, 6) is 0. The van der Waals surface area contributed by atoms with E-state index in [0.717, 1.165) is 66.5 Å². The van der Waals surface area contributed by atoms with Crippen LogP contribution < -0.4 is 0 Å². The fourth-order valence-electron chi connectivity index (χ4n) is 6.88. The number of pyridine rings is 4. The molecule has 8 aromatic rings. The molecule has 5 heteroatoms. The maximum Gasteiger partial charge on any atom is 0.0894 e. The number of rotatable bonds is 3. The molecule has 0 atom stereocenters. The van der Waals surface area contributed by atoms with E-state index < -0.39 is 5.41 Å². The van der Waals surface area contributed by atoms with Crippen molar-refractivity contribution in [3.05, 3.63) is 168 Å². The minimum Gasteiger partial charge on any atom is -0.299 e. The minimum atomic E-state index is -0.714. The van der Waals surface area contributed by atoms with Crippen LogP contribution in [0.15, 0.2) is 140 Å². The Bertz CT molecular complexity index is 2320. The Labute approximate surface area is 268 Å². The molecular formula is C39H23N4Pt-. The predicted molar refractivity (Wildman–Crippen MR) is 172 cm³/mol. The fourth-order valence-corrected chi connectivity index (χ4v) is 6.88. The third-order valence-corrected chi connectivity index (χ3v) is 8.72. The zero-order chi connectivity index (χ0) is 28.4. The van der Waals surface area contributed by atoms with Crippen molar-refractivity contribution in [2.24, 2.45) is 0 Å². The molecule has 0 radical (unpaired) electrons. The van der Waals surface area contributed by atoms with Crippen LogP contribution in [0.5, 0.6) is 0 Å². The summed E-state index contributed by atoms with van der Waals surface area (Å²) < 4.78 is 0. The van der Waals surface area contributed by atoms with Crippen molar-refractivity contribution < 1.29 is 21.1 Å². The van der Waals surface area contributed by atoms with Gasteiger partial charge in [-0.05, 0) is 57.6 Å². The summed E-state index contributed by atoms with van der Waals surface area (Å²) in [5.41, 5.74) is 9.22. The van der Waals surface area contributed by atoms with E-state index in [9.17, 15) is 0 Å². The first-order chi connectivity index (χ1) is 21.3. The summed E-state index contributed by atoms with van der Waals surface area (Å²) in [6.45, 7) is 0. The van der Waals surface area contributed by atoms with E-state index >= 15 is 0 Å². The summed E-state index contributed by atoms with van der Waals surface area (Å²) in [4.78, 5) is 20.3. The van der Waals surface area contributed by atoms with Crippen LogP contribution in [-0.4, -0.2) is 19.9 Å². The van der Waals surface area contributed by atoms with Crippen LogP contribution in [0.4, 0.5) is 0 Å². The Balaban J connectivity index is 0.00000289. The predicted octanol–water partition coefficient (Wildman–Crippen LogP) is 8.55. The summed E-state index contributed by atoms with van der Waals surface area (Å²) in [5, 5.41) is 4.35. The molecule has 4 aromatic carbocycles. The molecule has 0 fully saturated rings. The van der Waals surface area contributed by atoms with Gasteiger partial charge in [-0.1, -0.05) is 97.2 Å². The molecule has 4 nitrogen and oxygen atoms in total. The molecule has 1 aliphatic carbocycles. The average Bonchev–Trinajstić information content (AvgIpc) is 3.39. The van der Waals surface area contributed by atoms with E-state index in [-0.39, 0.29) is 21.1 Å². The Morgan fingerprint density at radius 2 is 1.16 bits per heavy atom. The van der Waals surface area contributed by atoms with Gasteiger partial charge in [-0.3, -0.25) is 9.97 Å². The van der Waals surface area contributed by atoms with Crippen LogP contribution in [0, 0.1) is 6.07 Å². The molecule has 0 unspecified atom stereocenters. The molecule has 4 aromatic heterocycles. The van der Waals surface area contributed by atoms with Gasteiger partial charge < -0.3 is 0 Å². The van der Waals surface area contributed by atoms with Gasteiger partial charge in [0.25, 0.3) is 0 Å². The molecule has 0 saturated carbocycles. The van der Waals surface area contributed by atoms with Crippen molar-refractivity contribution in [1.82, 2.24) is 19.9 Å². The van der Waals surface area contributed by atoms with Gasteiger partial charge in [-0.15, -0.1) is 0 Å². The molecule has 0 aliphatic heterocycles. The Kier molecular flexibility index (Phi) is 6.21. The summed E-state index contributed by atoms with van der Waals surface area (Å²) in [7, 11) is 0. The quantitative estimate of drug-likeness (QED) is 0.135. The van der Waals surface area contributed by atoms with Crippen molar-refractivity contribution in [3.8, 4) is 22.5 Å². The van der Waals surface area contributed by atoms with Gasteiger partial charge in [0.1, 0.15) is 0 Å². The normalized spacial score (nSPS) is 13.0. The van der Waals surface area contributed by atoms with Crippen LogP contribution in [0.3, 0.4) is 0 Å². The Morgan fingerprint density at radius 3 is 1.91 bits per heavy atom. The molecular weight excluding hydrogens is 720 g/mol. The first-order valence-electron chi connectivity index (χ1n) is 14.4. The van der Waals surface area contributed by atoms with Gasteiger partial charge in [0.15, 0.2) is 0 Å². The van der Waals surface area contributed by atoms with Gasteiger partial charge in [-0.25, -0.2) is 22.1 Å². The smallest absolute Gasteiger partial charge is 0.0894 e. The first kappa shape index (κ1) is 26.6. The molecule has 0 bridgehead atoms. The Hall–Kier alpha value is -5.05. The number of aromatic nitrogens is 4. The second kappa shape index (κ2) is 10.3. The monoisotopic (exact) mass is 742 g/mol. The zero-order valence-corrected chi connectivity index (χ0v) is 25.7. The third kappa shape index (κ3) is 3.74. The summed E-state index contributed by atoms with van der Waals surface area (Å²) >= 11 is 0. The molecule has 0 spiro atoms. The van der Waals surface area contributed by atoms with Crippen molar-refractivity contribution >= 4 is 32.6 Å². The zero-order valence-electron chi connectivity index (χ0n) is 23.4. The minimum absolute atomic E-state index is 0. The van der Waals surface area contributed by atoms with Gasteiger partial charge in [0.2, 0.25) is 0 Å². The van der Waals surface area contributed by atoms with Crippen LogP contribution in [0.2, 0.25) is 0 Å². The molecule has 0 saturated heterocycles. The second-order valence-electron chi connectivity index (χ2n) is 11.0. The van der Waals surface area contributed by atoms with Crippen molar-refractivity contribution in [1.29, 1.82) is 0 Å². The van der Waals surface area contributed by atoms with Crippen LogP contribution in [-0.2, 0) is 26.5 Å². The molecule has 4 heterocycles. The maximum absolute atomic E-state index is 5.38. The summed E-state index contributed by atoms with van der Waals surface area (Å²) in [6, 6.07) is 47.5. The van der Waals surface area contributed by atoms with Crippen molar-refractivity contribution in [2.75, 3.05) is 0 Å². The van der Waals surface area contributed by atoms with Gasteiger partial charge >= 0.3 is 0 Å². The van der Waals surface area contributed by atoms with Gasteiger partial charge in [-0.2, -0.15) is 6.07 Å². The van der Waals surface area contributed by atoms with E-state index in [1.807, 2.05) is 36.7 Å². The number of nitrogens with zero attached hydrogens (tertiary/aromatic N) is 4. The van der Waals surface area contributed by atoms with E-state index in [2.05, 4.69) is 109 Å². The van der Waals surface area contributed by atoms with E-state index in [1.165, 1.54) is 11.1 Å². The number of fused-ring (bicyclic) bond motifs is 8. The second-order valence-corrected chi connectivity index (χ2v) is 11.0. The standard InChI is InChI=1S/C39H23N4.Pt/c1-3-12-30-28(10-1)29-11-2-4-13-31(29)39(30,34-15-5-6-23-40-34)35-16-7-14-32(42-35)33-22-21-27-20-18-25-17-19-26-9-8-24-41-37(26)36(25)38(27)43-33;/h1-14,16-24H;/q-1;. The molecule has 44 heavy (non-hydrogen) atoms. The average molecular weight is 743 g/mol. The number of hydrogen-bond donors (Lipinski definition) is 0. The Morgan fingerprint density at radius 1 is 0.500 bits per heavy atom. The van der Waals surface area contributed by atoms with Crippen molar-refractivity contribution in [3.63, 3.8) is 0 Å². The van der Waals surface area contributed by atoms with E-state index in [0.29, 0.717) is 0 Å². The number of benzene rings is 4. The van der Waals surface area contributed by atoms with Gasteiger partial charge in [0.05, 0.1) is 33.5 Å². The first-order valence-corrected chi connectivity index (χ1v) is 14.4.